The number of carboxylic acid groups (broad SMARTS) is 1. The van der Waals surface area contributed by atoms with Crippen LogP contribution in [0, 0.1) is 5.41 Å². The monoisotopic (exact) mass is 287 g/mol. The maximum Gasteiger partial charge on any atom is 0.317 e. The van der Waals surface area contributed by atoms with Crippen molar-refractivity contribution in [3.8, 4) is 0 Å². The molecule has 20 heavy (non-hydrogen) atoms. The quantitative estimate of drug-likeness (QED) is 0.610. The predicted octanol–water partition coefficient (Wildman–Crippen LogP) is 0.655. The van der Waals surface area contributed by atoms with Gasteiger partial charge in [-0.1, -0.05) is 13.8 Å². The molecule has 3 amide bonds. The lowest BCUT2D eigenvalue weighted by Gasteiger charge is -2.26. The molecular formula is C13H25N3O4. The largest absolute Gasteiger partial charge is 0.481 e. The molecule has 0 fully saturated rings. The highest BCUT2D eigenvalue weighted by molar-refractivity contribution is 5.84. The highest BCUT2D eigenvalue weighted by Gasteiger charge is 2.32. The molecule has 0 aliphatic carbocycles. The van der Waals surface area contributed by atoms with Gasteiger partial charge in [0.15, 0.2) is 0 Å². The van der Waals surface area contributed by atoms with Gasteiger partial charge in [-0.05, 0) is 19.8 Å². The molecule has 0 bridgehead atoms. The number of hydrogen-bond donors (Lipinski definition) is 3. The maximum absolute atomic E-state index is 12.0. The summed E-state index contributed by atoms with van der Waals surface area (Å²) in [5.41, 5.74) is -0.999. The number of likely N-dealkylation sites (N-methyl/N-ethyl adjacent to an activating group) is 1. The van der Waals surface area contributed by atoms with E-state index in [0.29, 0.717) is 19.4 Å². The minimum absolute atomic E-state index is 0.0334. The van der Waals surface area contributed by atoms with Gasteiger partial charge in [-0.25, -0.2) is 4.79 Å². The molecule has 116 valence electrons. The number of aliphatic carboxylic acids is 1. The van der Waals surface area contributed by atoms with Gasteiger partial charge in [0.2, 0.25) is 5.91 Å². The molecule has 0 radical (unpaired) electrons. The predicted molar refractivity (Wildman–Crippen MR) is 75.4 cm³/mol. The summed E-state index contributed by atoms with van der Waals surface area (Å²) in [5.74, 6) is -1.21. The number of urea groups is 1. The van der Waals surface area contributed by atoms with Crippen molar-refractivity contribution in [1.82, 2.24) is 15.5 Å². The third-order valence-corrected chi connectivity index (χ3v) is 3.32. The number of nitrogens with one attached hydrogen (secondary N) is 2. The molecule has 7 nitrogen and oxygen atoms in total. The maximum atomic E-state index is 12.0. The lowest BCUT2D eigenvalue weighted by molar-refractivity contribution is -0.147. The number of nitrogens with zero attached hydrogens (tertiary/aromatic N) is 1. The number of carbonyl (C=O) groups is 3. The SMILES string of the molecule is CCCN(CC(=O)NC)C(=O)NCC(C)(CC)C(=O)O. The lowest BCUT2D eigenvalue weighted by atomic mass is 9.88. The molecule has 0 saturated heterocycles. The van der Waals surface area contributed by atoms with Gasteiger partial charge in [0.1, 0.15) is 6.54 Å². The number of rotatable bonds is 8. The van der Waals surface area contributed by atoms with E-state index < -0.39 is 17.4 Å². The molecule has 0 aromatic rings. The molecular weight excluding hydrogens is 262 g/mol. The zero-order valence-corrected chi connectivity index (χ0v) is 12.7. The van der Waals surface area contributed by atoms with Crippen molar-refractivity contribution < 1.29 is 19.5 Å². The Morgan fingerprint density at radius 2 is 1.85 bits per heavy atom. The number of carboxylic acids is 1. The Kier molecular flexibility index (Phi) is 7.64. The smallest absolute Gasteiger partial charge is 0.317 e. The molecule has 1 atom stereocenters. The fourth-order valence-corrected chi connectivity index (χ4v) is 1.51. The standard InChI is InChI=1S/C13H25N3O4/c1-5-7-16(8-10(17)14-4)12(20)15-9-13(3,6-2)11(18)19/h5-9H2,1-4H3,(H,14,17)(H,15,20)(H,18,19). The topological polar surface area (TPSA) is 98.7 Å². The highest BCUT2D eigenvalue weighted by Crippen LogP contribution is 2.19. The molecule has 0 saturated carbocycles. The van der Waals surface area contributed by atoms with Crippen LogP contribution < -0.4 is 10.6 Å². The van der Waals surface area contributed by atoms with Crippen LogP contribution in [0.3, 0.4) is 0 Å². The summed E-state index contributed by atoms with van der Waals surface area (Å²) >= 11 is 0. The first kappa shape index (κ1) is 18.2. The summed E-state index contributed by atoms with van der Waals surface area (Å²) in [6.07, 6.45) is 1.13. The summed E-state index contributed by atoms with van der Waals surface area (Å²) in [6, 6.07) is -0.420. The van der Waals surface area contributed by atoms with Gasteiger partial charge in [0, 0.05) is 20.1 Å². The van der Waals surface area contributed by atoms with Gasteiger partial charge in [0.25, 0.3) is 0 Å². The van der Waals surface area contributed by atoms with Crippen LogP contribution >= 0.6 is 0 Å². The van der Waals surface area contributed by atoms with Crippen molar-refractivity contribution in [2.75, 3.05) is 26.7 Å². The van der Waals surface area contributed by atoms with Crippen LogP contribution in [0.5, 0.6) is 0 Å². The zero-order valence-electron chi connectivity index (χ0n) is 12.7. The Labute approximate surface area is 119 Å². The van der Waals surface area contributed by atoms with Crippen LogP contribution in [0.25, 0.3) is 0 Å². The minimum atomic E-state index is -0.999. The molecule has 0 aromatic heterocycles. The van der Waals surface area contributed by atoms with Crippen LogP contribution in [0.2, 0.25) is 0 Å². The van der Waals surface area contributed by atoms with Crippen LogP contribution in [0.4, 0.5) is 4.79 Å². The van der Waals surface area contributed by atoms with Gasteiger partial charge in [-0.3, -0.25) is 9.59 Å². The first-order valence-electron chi connectivity index (χ1n) is 6.77. The van der Waals surface area contributed by atoms with Crippen LogP contribution in [0.1, 0.15) is 33.6 Å². The van der Waals surface area contributed by atoms with E-state index in [9.17, 15) is 14.4 Å². The van der Waals surface area contributed by atoms with E-state index in [4.69, 9.17) is 5.11 Å². The van der Waals surface area contributed by atoms with Gasteiger partial charge < -0.3 is 20.6 Å². The van der Waals surface area contributed by atoms with E-state index in [1.807, 2.05) is 6.92 Å². The number of hydrogen-bond acceptors (Lipinski definition) is 3. The molecule has 0 aliphatic rings. The third-order valence-electron chi connectivity index (χ3n) is 3.32. The van der Waals surface area contributed by atoms with E-state index in [1.54, 1.807) is 13.8 Å². The molecule has 0 aliphatic heterocycles. The van der Waals surface area contributed by atoms with E-state index >= 15 is 0 Å². The first-order valence-corrected chi connectivity index (χ1v) is 6.77. The van der Waals surface area contributed by atoms with Crippen molar-refractivity contribution in [3.05, 3.63) is 0 Å². The van der Waals surface area contributed by atoms with Crippen LogP contribution in [-0.2, 0) is 9.59 Å². The Bertz CT molecular complexity index is 360. The van der Waals surface area contributed by atoms with Crippen molar-refractivity contribution in [1.29, 1.82) is 0 Å². The van der Waals surface area contributed by atoms with E-state index in [1.165, 1.54) is 11.9 Å². The second-order valence-electron chi connectivity index (χ2n) is 4.97. The fraction of sp³-hybridized carbons (Fsp3) is 0.769. The van der Waals surface area contributed by atoms with Gasteiger partial charge in [-0.15, -0.1) is 0 Å². The average Bonchev–Trinajstić information content (AvgIpc) is 2.43. The zero-order chi connectivity index (χ0) is 15.8. The summed E-state index contributed by atoms with van der Waals surface area (Å²) in [5, 5.41) is 14.2. The molecule has 0 aromatic carbocycles. The van der Waals surface area contributed by atoms with E-state index in [2.05, 4.69) is 10.6 Å². The summed E-state index contributed by atoms with van der Waals surface area (Å²) < 4.78 is 0. The molecule has 3 N–H and O–H groups in total. The Hall–Kier alpha value is -1.79. The lowest BCUT2D eigenvalue weighted by Crippen LogP contribution is -2.49. The Morgan fingerprint density at radius 3 is 2.25 bits per heavy atom. The van der Waals surface area contributed by atoms with E-state index in [-0.39, 0.29) is 19.0 Å². The van der Waals surface area contributed by atoms with Crippen molar-refractivity contribution in [2.45, 2.75) is 33.6 Å². The van der Waals surface area contributed by atoms with Gasteiger partial charge in [0.05, 0.1) is 5.41 Å². The first-order chi connectivity index (χ1) is 9.30. The molecule has 7 heteroatoms. The van der Waals surface area contributed by atoms with Crippen molar-refractivity contribution >= 4 is 17.9 Å². The highest BCUT2D eigenvalue weighted by atomic mass is 16.4. The fourth-order valence-electron chi connectivity index (χ4n) is 1.51. The summed E-state index contributed by atoms with van der Waals surface area (Å²) in [4.78, 5) is 35.9. The normalized spacial score (nSPS) is 13.2. The second kappa shape index (κ2) is 8.39. The van der Waals surface area contributed by atoms with Crippen LogP contribution in [-0.4, -0.2) is 54.6 Å². The van der Waals surface area contributed by atoms with Gasteiger partial charge in [-0.2, -0.15) is 0 Å². The summed E-state index contributed by atoms with van der Waals surface area (Å²) in [7, 11) is 1.50. The Balaban J connectivity index is 4.60. The van der Waals surface area contributed by atoms with Crippen LogP contribution in [0.15, 0.2) is 0 Å². The van der Waals surface area contributed by atoms with Crippen molar-refractivity contribution in [2.24, 2.45) is 5.41 Å². The van der Waals surface area contributed by atoms with Gasteiger partial charge >= 0.3 is 12.0 Å². The number of carbonyl (C=O) groups excluding carboxylic acids is 2. The molecule has 0 rings (SSSR count). The second-order valence-corrected chi connectivity index (χ2v) is 4.97. The minimum Gasteiger partial charge on any atom is -0.481 e. The van der Waals surface area contributed by atoms with E-state index in [0.717, 1.165) is 0 Å². The summed E-state index contributed by atoms with van der Waals surface area (Å²) in [6.45, 7) is 5.68. The van der Waals surface area contributed by atoms with Crippen molar-refractivity contribution in [3.63, 3.8) is 0 Å². The molecule has 0 spiro atoms. The Morgan fingerprint density at radius 1 is 1.25 bits per heavy atom. The number of amides is 3. The average molecular weight is 287 g/mol. The molecule has 1 unspecified atom stereocenters. The molecule has 0 heterocycles. The third kappa shape index (κ3) is 5.46.